The third-order valence-electron chi connectivity index (χ3n) is 14.6. The van der Waals surface area contributed by atoms with Crippen molar-refractivity contribution in [1.82, 2.24) is 0 Å². The average molecular weight is 633 g/mol. The van der Waals surface area contributed by atoms with Crippen molar-refractivity contribution < 1.29 is 34.4 Å². The second-order valence-electron chi connectivity index (χ2n) is 16.8. The molecule has 1 aliphatic heterocycles. The van der Waals surface area contributed by atoms with Gasteiger partial charge in [-0.15, -0.1) is 0 Å². The van der Waals surface area contributed by atoms with Crippen LogP contribution in [0.2, 0.25) is 0 Å². The molecule has 0 radical (unpaired) electrons. The standard InChI is InChI=1S/C39H52O7/c1-34(44,22-40)20-26(41)18-27(33(43)45-5)28-12-16-39-21-38(28,39)15-13-30-35(2)14-11-25-17-29(24-9-7-6-8-10-24)46-23-36(25,3)31(35)19-32(42)37(30,39)4/h6-11,13,15,27-32,40,42,44H,12,14,16-23H2,1-5H3/t27-,28+,29+,30-,31-,32-,34-,35-,36+,37+,38-,39-/m1/s1. The number of ether oxygens (including phenoxy) is 2. The molecule has 250 valence electrons. The average Bonchev–Trinajstić information content (AvgIpc) is 3.61. The number of hydrogen-bond acceptors (Lipinski definition) is 7. The number of aliphatic hydroxyl groups excluding tert-OH is 2. The molecule has 0 unspecified atom stereocenters. The van der Waals surface area contributed by atoms with Gasteiger partial charge in [0.25, 0.3) is 0 Å². The van der Waals surface area contributed by atoms with Crippen LogP contribution in [0.3, 0.4) is 0 Å². The van der Waals surface area contributed by atoms with E-state index < -0.39 is 24.2 Å². The van der Waals surface area contributed by atoms with Gasteiger partial charge >= 0.3 is 5.97 Å². The first kappa shape index (κ1) is 32.2. The van der Waals surface area contributed by atoms with Gasteiger partial charge in [-0.1, -0.05) is 74.9 Å². The Bertz CT molecular complexity index is 1470. The van der Waals surface area contributed by atoms with Gasteiger partial charge in [0, 0.05) is 23.7 Å². The molecule has 46 heavy (non-hydrogen) atoms. The highest BCUT2D eigenvalue weighted by molar-refractivity contribution is 5.85. The number of methoxy groups -OCH3 is 1. The van der Waals surface area contributed by atoms with E-state index in [0.29, 0.717) is 6.61 Å². The molecule has 7 nitrogen and oxygen atoms in total. The fourth-order valence-corrected chi connectivity index (χ4v) is 12.3. The fraction of sp³-hybridized carbons (Fsp3) is 0.692. The van der Waals surface area contributed by atoms with Crippen molar-refractivity contribution in [2.75, 3.05) is 20.3 Å². The summed E-state index contributed by atoms with van der Waals surface area (Å²) in [5.74, 6) is -0.896. The quantitative estimate of drug-likeness (QED) is 0.248. The van der Waals surface area contributed by atoms with Crippen molar-refractivity contribution in [2.24, 2.45) is 50.7 Å². The molecular formula is C39H52O7. The Morgan fingerprint density at radius 2 is 1.91 bits per heavy atom. The minimum absolute atomic E-state index is 0.0163. The maximum atomic E-state index is 13.3. The molecule has 4 fully saturated rings. The molecule has 1 aromatic rings. The molecular weight excluding hydrogens is 580 g/mol. The molecule has 12 atom stereocenters. The first-order valence-electron chi connectivity index (χ1n) is 17.4. The van der Waals surface area contributed by atoms with Crippen LogP contribution in [-0.2, 0) is 19.1 Å². The number of hydrogen-bond donors (Lipinski definition) is 3. The van der Waals surface area contributed by atoms with Gasteiger partial charge in [-0.3, -0.25) is 9.59 Å². The summed E-state index contributed by atoms with van der Waals surface area (Å²) in [4.78, 5) is 26.4. The third-order valence-corrected chi connectivity index (χ3v) is 14.6. The van der Waals surface area contributed by atoms with Crippen molar-refractivity contribution in [3.05, 3.63) is 59.7 Å². The second-order valence-corrected chi connectivity index (χ2v) is 16.8. The van der Waals surface area contributed by atoms with Crippen molar-refractivity contribution in [1.29, 1.82) is 0 Å². The van der Waals surface area contributed by atoms with Crippen LogP contribution in [0.25, 0.3) is 0 Å². The van der Waals surface area contributed by atoms with E-state index in [9.17, 15) is 24.9 Å². The van der Waals surface area contributed by atoms with E-state index in [1.165, 1.54) is 25.2 Å². The molecule has 0 amide bonds. The molecule has 3 saturated carbocycles. The highest BCUT2D eigenvalue weighted by Crippen LogP contribution is 2.89. The van der Waals surface area contributed by atoms with Gasteiger partial charge in [-0.05, 0) is 85.0 Å². The zero-order valence-electron chi connectivity index (χ0n) is 28.1. The van der Waals surface area contributed by atoms with Crippen LogP contribution in [0.1, 0.15) is 90.7 Å². The lowest BCUT2D eigenvalue weighted by atomic mass is 9.38. The fourth-order valence-electron chi connectivity index (χ4n) is 12.3. The number of allylic oxidation sites excluding steroid dienone is 3. The molecule has 1 heterocycles. The van der Waals surface area contributed by atoms with E-state index in [4.69, 9.17) is 9.47 Å². The van der Waals surface area contributed by atoms with Gasteiger partial charge < -0.3 is 24.8 Å². The Kier molecular flexibility index (Phi) is 7.42. The van der Waals surface area contributed by atoms with Gasteiger partial charge in [0.05, 0.1) is 44.1 Å². The first-order valence-corrected chi connectivity index (χ1v) is 17.4. The number of aliphatic hydroxyl groups is 3. The van der Waals surface area contributed by atoms with Gasteiger partial charge in [0.2, 0.25) is 0 Å². The predicted octanol–water partition coefficient (Wildman–Crippen LogP) is 5.73. The number of benzene rings is 1. The summed E-state index contributed by atoms with van der Waals surface area (Å²) in [5, 5.41) is 32.2. The summed E-state index contributed by atoms with van der Waals surface area (Å²) in [6.45, 7) is 8.69. The number of fused-ring (bicyclic) bond motifs is 5. The molecule has 1 aromatic carbocycles. The van der Waals surface area contributed by atoms with Crippen LogP contribution in [0.5, 0.6) is 0 Å². The van der Waals surface area contributed by atoms with E-state index in [2.05, 4.69) is 63.3 Å². The maximum absolute atomic E-state index is 13.3. The summed E-state index contributed by atoms with van der Waals surface area (Å²) in [7, 11) is 1.37. The van der Waals surface area contributed by atoms with Crippen LogP contribution >= 0.6 is 0 Å². The first-order chi connectivity index (χ1) is 21.7. The zero-order chi connectivity index (χ0) is 32.9. The van der Waals surface area contributed by atoms with E-state index in [1.54, 1.807) is 0 Å². The Morgan fingerprint density at radius 3 is 2.61 bits per heavy atom. The number of ketones is 1. The minimum Gasteiger partial charge on any atom is -0.469 e. The molecule has 5 aliphatic carbocycles. The molecule has 0 bridgehead atoms. The highest BCUT2D eigenvalue weighted by atomic mass is 16.5. The van der Waals surface area contributed by atoms with Gasteiger partial charge in [0.1, 0.15) is 5.78 Å². The largest absolute Gasteiger partial charge is 0.469 e. The lowest BCUT2D eigenvalue weighted by Gasteiger charge is -2.67. The van der Waals surface area contributed by atoms with Crippen LogP contribution in [0.15, 0.2) is 54.1 Å². The summed E-state index contributed by atoms with van der Waals surface area (Å²) in [6, 6.07) is 10.5. The van der Waals surface area contributed by atoms with Crippen molar-refractivity contribution in [2.45, 2.75) is 96.9 Å². The monoisotopic (exact) mass is 632 g/mol. The molecule has 3 N–H and O–H groups in total. The van der Waals surface area contributed by atoms with Gasteiger partial charge in [-0.2, -0.15) is 0 Å². The highest BCUT2D eigenvalue weighted by Gasteiger charge is 2.84. The lowest BCUT2D eigenvalue weighted by molar-refractivity contribution is -0.199. The molecule has 0 aromatic heterocycles. The minimum atomic E-state index is -1.52. The Morgan fingerprint density at radius 1 is 1.17 bits per heavy atom. The number of esters is 1. The van der Waals surface area contributed by atoms with E-state index >= 15 is 0 Å². The summed E-state index contributed by atoms with van der Waals surface area (Å²) >= 11 is 0. The van der Waals surface area contributed by atoms with E-state index in [0.717, 1.165) is 38.5 Å². The van der Waals surface area contributed by atoms with Crippen molar-refractivity contribution in [3.8, 4) is 0 Å². The normalized spacial score (nSPS) is 45.5. The topological polar surface area (TPSA) is 113 Å². The van der Waals surface area contributed by atoms with Gasteiger partial charge in [-0.25, -0.2) is 0 Å². The molecule has 0 spiro atoms. The summed E-state index contributed by atoms with van der Waals surface area (Å²) < 4.78 is 11.9. The Balaban J connectivity index is 1.20. The molecule has 6 aliphatic rings. The predicted molar refractivity (Wildman–Crippen MR) is 173 cm³/mol. The lowest BCUT2D eigenvalue weighted by Crippen LogP contribution is -2.64. The number of carbonyl (C=O) groups is 2. The van der Waals surface area contributed by atoms with Crippen molar-refractivity contribution in [3.63, 3.8) is 0 Å². The van der Waals surface area contributed by atoms with Crippen LogP contribution in [0.4, 0.5) is 0 Å². The summed E-state index contributed by atoms with van der Waals surface area (Å²) in [6.07, 6.45) is 11.8. The van der Waals surface area contributed by atoms with Gasteiger partial charge in [0.15, 0.2) is 0 Å². The van der Waals surface area contributed by atoms with E-state index in [-0.39, 0.29) is 75.5 Å². The Hall–Kier alpha value is -2.32. The second kappa shape index (κ2) is 10.6. The molecule has 7 rings (SSSR count). The number of Topliss-reactive ketones (excluding diaryl/α,β-unsaturated/α-hetero) is 1. The maximum Gasteiger partial charge on any atom is 0.309 e. The molecule has 7 heteroatoms. The SMILES string of the molecule is COC(=O)[C@H](CC(=O)C[C@@](C)(O)CO)[C@@H]1CC[C@]23C[C@]12C=C[C@@H]1[C@@]2(C)CC=C4C[C@@H](c5ccccc5)OC[C@]4(C)[C@@H]2C[C@@H](O)[C@]13C. The third kappa shape index (κ3) is 4.23. The molecule has 1 saturated heterocycles. The Labute approximate surface area is 273 Å². The smallest absolute Gasteiger partial charge is 0.309 e. The van der Waals surface area contributed by atoms with Crippen molar-refractivity contribution >= 4 is 11.8 Å². The summed E-state index contributed by atoms with van der Waals surface area (Å²) in [5.41, 5.74) is 0.196. The number of rotatable bonds is 8. The van der Waals surface area contributed by atoms with Crippen LogP contribution < -0.4 is 0 Å². The van der Waals surface area contributed by atoms with Crippen LogP contribution in [0, 0.1) is 50.7 Å². The van der Waals surface area contributed by atoms with Crippen LogP contribution in [-0.4, -0.2) is 59.1 Å². The zero-order valence-corrected chi connectivity index (χ0v) is 28.1. The number of carbonyl (C=O) groups excluding carboxylic acids is 2. The van der Waals surface area contributed by atoms with E-state index in [1.807, 2.05) is 6.07 Å².